The maximum Gasteiger partial charge on any atom is 0.339 e. The maximum absolute atomic E-state index is 11.4. The molecule has 0 aliphatic heterocycles. The summed E-state index contributed by atoms with van der Waals surface area (Å²) in [7, 11) is 0. The van der Waals surface area contributed by atoms with Gasteiger partial charge < -0.3 is 14.3 Å². The van der Waals surface area contributed by atoms with Crippen LogP contribution in [0.15, 0.2) is 47.0 Å². The molecule has 7 heteroatoms. The molecule has 7 nitrogen and oxygen atoms in total. The number of pyridine rings is 1. The average Bonchev–Trinajstić information content (AvgIpc) is 3.07. The molecule has 0 saturated carbocycles. The number of furan rings is 1. The van der Waals surface area contributed by atoms with Gasteiger partial charge in [0.1, 0.15) is 22.7 Å². The van der Waals surface area contributed by atoms with E-state index in [0.717, 1.165) is 0 Å². The third-order valence-corrected chi connectivity index (χ3v) is 3.54. The van der Waals surface area contributed by atoms with E-state index in [4.69, 9.17) is 9.15 Å². The van der Waals surface area contributed by atoms with E-state index >= 15 is 0 Å². The van der Waals surface area contributed by atoms with Gasteiger partial charge in [-0.1, -0.05) is 11.2 Å². The number of benzene rings is 1. The predicted octanol–water partition coefficient (Wildman–Crippen LogP) is 3.27. The Labute approximate surface area is 129 Å². The normalized spacial score (nSPS) is 11.2. The summed E-state index contributed by atoms with van der Waals surface area (Å²) in [4.78, 5) is 11.4. The molecule has 0 fully saturated rings. The van der Waals surface area contributed by atoms with Crippen LogP contribution >= 0.6 is 0 Å². The SMILES string of the molecule is Cc1oc2ccc(Oc3nnc4ccccn34)cc2c1C(=O)O. The van der Waals surface area contributed by atoms with Gasteiger partial charge in [-0.15, -0.1) is 5.10 Å². The first-order valence-electron chi connectivity index (χ1n) is 6.87. The smallest absolute Gasteiger partial charge is 0.339 e. The Kier molecular flexibility index (Phi) is 2.80. The second-order valence-electron chi connectivity index (χ2n) is 5.01. The van der Waals surface area contributed by atoms with Gasteiger partial charge in [0.05, 0.1) is 0 Å². The summed E-state index contributed by atoms with van der Waals surface area (Å²) >= 11 is 0. The third kappa shape index (κ3) is 2.10. The van der Waals surface area contributed by atoms with Gasteiger partial charge >= 0.3 is 12.0 Å². The molecule has 1 N–H and O–H groups in total. The molecule has 4 aromatic rings. The number of fused-ring (bicyclic) bond motifs is 2. The van der Waals surface area contributed by atoms with Gasteiger partial charge in [0.15, 0.2) is 5.65 Å². The molecular formula is C16H11N3O4. The van der Waals surface area contributed by atoms with E-state index < -0.39 is 5.97 Å². The summed E-state index contributed by atoms with van der Waals surface area (Å²) in [5.41, 5.74) is 1.30. The number of ether oxygens (including phenoxy) is 1. The highest BCUT2D eigenvalue weighted by Crippen LogP contribution is 2.30. The molecule has 0 atom stereocenters. The van der Waals surface area contributed by atoms with Crippen molar-refractivity contribution in [3.8, 4) is 11.8 Å². The van der Waals surface area contributed by atoms with Crippen LogP contribution in [-0.2, 0) is 0 Å². The maximum atomic E-state index is 11.4. The Morgan fingerprint density at radius 2 is 2.13 bits per heavy atom. The number of aromatic carboxylic acids is 1. The van der Waals surface area contributed by atoms with Gasteiger partial charge in [0.2, 0.25) is 0 Å². The van der Waals surface area contributed by atoms with Crippen LogP contribution in [0.3, 0.4) is 0 Å². The molecule has 3 heterocycles. The predicted molar refractivity (Wildman–Crippen MR) is 81.0 cm³/mol. The fraction of sp³-hybridized carbons (Fsp3) is 0.0625. The molecule has 0 aliphatic rings. The van der Waals surface area contributed by atoms with Crippen molar-refractivity contribution in [2.75, 3.05) is 0 Å². The molecular weight excluding hydrogens is 298 g/mol. The zero-order valence-electron chi connectivity index (χ0n) is 12.1. The van der Waals surface area contributed by atoms with Crippen molar-refractivity contribution in [1.29, 1.82) is 0 Å². The van der Waals surface area contributed by atoms with Gasteiger partial charge in [-0.25, -0.2) is 4.79 Å². The number of nitrogens with zero attached hydrogens (tertiary/aromatic N) is 3. The van der Waals surface area contributed by atoms with E-state index in [1.54, 1.807) is 35.7 Å². The topological polar surface area (TPSA) is 89.9 Å². The number of aromatic nitrogens is 3. The molecule has 3 aromatic heterocycles. The summed E-state index contributed by atoms with van der Waals surface area (Å²) in [5, 5.41) is 17.8. The molecule has 0 amide bonds. The molecule has 0 saturated heterocycles. The first-order chi connectivity index (χ1) is 11.1. The Morgan fingerprint density at radius 1 is 1.26 bits per heavy atom. The molecule has 0 aliphatic carbocycles. The number of rotatable bonds is 3. The van der Waals surface area contributed by atoms with Crippen molar-refractivity contribution in [3.63, 3.8) is 0 Å². The first kappa shape index (κ1) is 13.3. The summed E-state index contributed by atoms with van der Waals surface area (Å²) < 4.78 is 12.9. The second kappa shape index (κ2) is 4.84. The lowest BCUT2D eigenvalue weighted by atomic mass is 10.1. The van der Waals surface area contributed by atoms with Crippen LogP contribution in [0.4, 0.5) is 0 Å². The van der Waals surface area contributed by atoms with Crippen molar-refractivity contribution in [1.82, 2.24) is 14.6 Å². The summed E-state index contributed by atoms with van der Waals surface area (Å²) in [6.07, 6.45) is 1.79. The van der Waals surface area contributed by atoms with Crippen molar-refractivity contribution < 1.29 is 19.1 Å². The molecule has 4 rings (SSSR count). The standard InChI is InChI=1S/C16H11N3O4/c1-9-14(15(20)21)11-8-10(5-6-12(11)22-9)23-16-18-17-13-4-2-3-7-19(13)16/h2-8H,1H3,(H,20,21). The zero-order chi connectivity index (χ0) is 16.0. The van der Waals surface area contributed by atoms with Crippen LogP contribution < -0.4 is 4.74 Å². The van der Waals surface area contributed by atoms with Crippen molar-refractivity contribution in [2.45, 2.75) is 6.92 Å². The van der Waals surface area contributed by atoms with Crippen LogP contribution in [0.25, 0.3) is 16.6 Å². The summed E-state index contributed by atoms with van der Waals surface area (Å²) in [5.74, 6) is -0.220. The van der Waals surface area contributed by atoms with E-state index in [0.29, 0.717) is 34.1 Å². The Hall–Kier alpha value is -3.35. The molecule has 0 bridgehead atoms. The minimum absolute atomic E-state index is 0.136. The first-order valence-corrected chi connectivity index (χ1v) is 6.87. The van der Waals surface area contributed by atoms with Gasteiger partial charge in [-0.05, 0) is 37.3 Å². The van der Waals surface area contributed by atoms with Gasteiger partial charge in [0.25, 0.3) is 0 Å². The molecule has 1 aromatic carbocycles. The summed E-state index contributed by atoms with van der Waals surface area (Å²) in [6, 6.07) is 10.8. The largest absolute Gasteiger partial charge is 0.478 e. The lowest BCUT2D eigenvalue weighted by Gasteiger charge is -2.03. The van der Waals surface area contributed by atoms with Gasteiger partial charge in [-0.3, -0.25) is 4.40 Å². The van der Waals surface area contributed by atoms with E-state index in [1.165, 1.54) is 0 Å². The van der Waals surface area contributed by atoms with Crippen LogP contribution in [0.5, 0.6) is 11.8 Å². The van der Waals surface area contributed by atoms with E-state index in [9.17, 15) is 9.90 Å². The lowest BCUT2D eigenvalue weighted by molar-refractivity contribution is 0.0697. The Balaban J connectivity index is 1.80. The number of carbonyl (C=O) groups is 1. The van der Waals surface area contributed by atoms with Crippen LogP contribution in [-0.4, -0.2) is 25.7 Å². The summed E-state index contributed by atoms with van der Waals surface area (Å²) in [6.45, 7) is 1.62. The molecule has 23 heavy (non-hydrogen) atoms. The lowest BCUT2D eigenvalue weighted by Crippen LogP contribution is -1.97. The van der Waals surface area contributed by atoms with Crippen LogP contribution in [0, 0.1) is 6.92 Å². The quantitative estimate of drug-likeness (QED) is 0.624. The van der Waals surface area contributed by atoms with Crippen LogP contribution in [0.2, 0.25) is 0 Å². The Morgan fingerprint density at radius 3 is 2.96 bits per heavy atom. The molecule has 0 radical (unpaired) electrons. The van der Waals surface area contributed by atoms with Crippen molar-refractivity contribution in [3.05, 3.63) is 53.9 Å². The highest BCUT2D eigenvalue weighted by molar-refractivity contribution is 6.03. The minimum Gasteiger partial charge on any atom is -0.478 e. The molecule has 114 valence electrons. The average molecular weight is 309 g/mol. The number of hydrogen-bond acceptors (Lipinski definition) is 5. The number of hydrogen-bond donors (Lipinski definition) is 1. The van der Waals surface area contributed by atoms with Gasteiger partial charge in [0, 0.05) is 11.6 Å². The fourth-order valence-electron chi connectivity index (χ4n) is 2.52. The minimum atomic E-state index is -1.04. The van der Waals surface area contributed by atoms with Gasteiger partial charge in [-0.2, -0.15) is 0 Å². The molecule has 0 spiro atoms. The monoisotopic (exact) mass is 309 g/mol. The zero-order valence-corrected chi connectivity index (χ0v) is 12.1. The van der Waals surface area contributed by atoms with E-state index in [2.05, 4.69) is 10.2 Å². The van der Waals surface area contributed by atoms with E-state index in [-0.39, 0.29) is 5.56 Å². The van der Waals surface area contributed by atoms with Crippen molar-refractivity contribution >= 4 is 22.6 Å². The second-order valence-corrected chi connectivity index (χ2v) is 5.01. The Bertz CT molecular complexity index is 1050. The van der Waals surface area contributed by atoms with E-state index in [1.807, 2.05) is 18.2 Å². The number of carboxylic acids is 1. The van der Waals surface area contributed by atoms with Crippen LogP contribution in [0.1, 0.15) is 16.1 Å². The highest BCUT2D eigenvalue weighted by Gasteiger charge is 2.18. The molecule has 0 unspecified atom stereocenters. The number of carboxylic acid groups (broad SMARTS) is 1. The number of aryl methyl sites for hydroxylation is 1. The van der Waals surface area contributed by atoms with Crippen molar-refractivity contribution in [2.24, 2.45) is 0 Å². The fourth-order valence-corrected chi connectivity index (χ4v) is 2.52. The highest BCUT2D eigenvalue weighted by atomic mass is 16.5. The third-order valence-electron chi connectivity index (χ3n) is 3.54.